The van der Waals surface area contributed by atoms with Gasteiger partial charge in [-0.25, -0.2) is 4.98 Å². The predicted octanol–water partition coefficient (Wildman–Crippen LogP) is 3.36. The topological polar surface area (TPSA) is 114 Å². The molecule has 0 bridgehead atoms. The number of pyridine rings is 2. The van der Waals surface area contributed by atoms with Crippen LogP contribution < -0.4 is 10.9 Å². The molecule has 2 aromatic heterocycles. The standard InChI is InChI=1S/C22H15ClN4O4S/c23-14-6-3-5-13(11-14)12-27-21-15(7-4-10-24-21)19(28)18(22(27)29)20-25-16-8-1-2-9-17(16)32(30,31)26-20/h1-11,28H,12H2,(H,25,26). The number of sulfonamides is 1. The average molecular weight is 467 g/mol. The molecule has 0 atom stereocenters. The molecule has 160 valence electrons. The third-order valence-electron chi connectivity index (χ3n) is 5.09. The Balaban J connectivity index is 1.77. The van der Waals surface area contributed by atoms with Crippen molar-refractivity contribution in [2.45, 2.75) is 11.4 Å². The van der Waals surface area contributed by atoms with Crippen LogP contribution in [0.3, 0.4) is 0 Å². The molecule has 1 aliphatic rings. The van der Waals surface area contributed by atoms with Gasteiger partial charge in [-0.3, -0.25) is 9.36 Å². The molecule has 3 heterocycles. The molecule has 0 unspecified atom stereocenters. The van der Waals surface area contributed by atoms with Gasteiger partial charge in [0.2, 0.25) is 0 Å². The number of aromatic hydroxyl groups is 1. The molecule has 0 saturated carbocycles. The Morgan fingerprint density at radius 3 is 2.69 bits per heavy atom. The summed E-state index contributed by atoms with van der Waals surface area (Å²) in [5.41, 5.74) is 0.349. The molecule has 1 aliphatic heterocycles. The summed E-state index contributed by atoms with van der Waals surface area (Å²) in [7, 11) is -4.07. The maximum atomic E-state index is 13.5. The van der Waals surface area contributed by atoms with Crippen LogP contribution in [0.5, 0.6) is 5.75 Å². The lowest BCUT2D eigenvalue weighted by Gasteiger charge is -2.20. The van der Waals surface area contributed by atoms with Gasteiger partial charge in [0, 0.05) is 11.2 Å². The SMILES string of the molecule is O=c1c(C2=NS(=O)(=O)c3ccccc3N2)c(O)c2cccnc2n1Cc1cccc(Cl)c1. The van der Waals surface area contributed by atoms with Crippen molar-refractivity contribution in [2.24, 2.45) is 4.40 Å². The molecule has 2 N–H and O–H groups in total. The Morgan fingerprint density at radius 1 is 1.06 bits per heavy atom. The number of halogens is 1. The van der Waals surface area contributed by atoms with Gasteiger partial charge in [0.05, 0.1) is 17.6 Å². The number of aromatic nitrogens is 2. The highest BCUT2D eigenvalue weighted by Crippen LogP contribution is 2.31. The van der Waals surface area contributed by atoms with Crippen LogP contribution in [-0.4, -0.2) is 28.9 Å². The van der Waals surface area contributed by atoms with Crippen molar-refractivity contribution in [3.8, 4) is 5.75 Å². The van der Waals surface area contributed by atoms with E-state index in [0.717, 1.165) is 5.56 Å². The summed E-state index contributed by atoms with van der Waals surface area (Å²) in [6.07, 6.45) is 1.51. The maximum Gasteiger partial charge on any atom is 0.286 e. The molecule has 0 spiro atoms. The monoisotopic (exact) mass is 466 g/mol. The van der Waals surface area contributed by atoms with Gasteiger partial charge in [-0.1, -0.05) is 35.9 Å². The quantitative estimate of drug-likeness (QED) is 0.478. The molecule has 4 aromatic rings. The van der Waals surface area contributed by atoms with E-state index in [1.807, 2.05) is 0 Å². The molecule has 10 heteroatoms. The van der Waals surface area contributed by atoms with Gasteiger partial charge in [-0.15, -0.1) is 4.40 Å². The van der Waals surface area contributed by atoms with Gasteiger partial charge in [-0.05, 0) is 42.0 Å². The van der Waals surface area contributed by atoms with Gasteiger partial charge in [0.25, 0.3) is 15.6 Å². The van der Waals surface area contributed by atoms with Crippen LogP contribution in [0, 0.1) is 0 Å². The number of hydrogen-bond donors (Lipinski definition) is 2. The van der Waals surface area contributed by atoms with Crippen molar-refractivity contribution in [1.29, 1.82) is 0 Å². The van der Waals surface area contributed by atoms with E-state index in [1.54, 1.807) is 54.6 Å². The highest BCUT2D eigenvalue weighted by atomic mass is 35.5. The van der Waals surface area contributed by atoms with Gasteiger partial charge < -0.3 is 10.4 Å². The lowest BCUT2D eigenvalue weighted by molar-refractivity contribution is 0.477. The van der Waals surface area contributed by atoms with E-state index in [-0.39, 0.29) is 39.6 Å². The number of benzene rings is 2. The van der Waals surface area contributed by atoms with Crippen LogP contribution in [0.25, 0.3) is 11.0 Å². The number of rotatable bonds is 3. The van der Waals surface area contributed by atoms with E-state index in [2.05, 4.69) is 14.7 Å². The normalized spacial score (nSPS) is 14.5. The predicted molar refractivity (Wildman–Crippen MR) is 122 cm³/mol. The van der Waals surface area contributed by atoms with E-state index in [0.29, 0.717) is 5.02 Å². The largest absolute Gasteiger partial charge is 0.506 e. The second-order valence-corrected chi connectivity index (χ2v) is 9.16. The molecule has 0 fully saturated rings. The maximum absolute atomic E-state index is 13.5. The Morgan fingerprint density at radius 2 is 1.88 bits per heavy atom. The Labute approximate surface area is 187 Å². The molecule has 0 radical (unpaired) electrons. The third-order valence-corrected chi connectivity index (χ3v) is 6.66. The fraction of sp³-hybridized carbons (Fsp3) is 0.0455. The number of nitrogens with one attached hydrogen (secondary N) is 1. The summed E-state index contributed by atoms with van der Waals surface area (Å²) in [6.45, 7) is 0.108. The number of hydrogen-bond acceptors (Lipinski definition) is 6. The van der Waals surface area contributed by atoms with E-state index in [9.17, 15) is 18.3 Å². The minimum Gasteiger partial charge on any atom is -0.506 e. The summed E-state index contributed by atoms with van der Waals surface area (Å²) in [5, 5.41) is 14.6. The minimum absolute atomic E-state index is 0.00931. The summed E-state index contributed by atoms with van der Waals surface area (Å²) in [4.78, 5) is 17.8. The number of para-hydroxylation sites is 1. The first-order valence-corrected chi connectivity index (χ1v) is 11.3. The number of anilines is 1. The molecule has 32 heavy (non-hydrogen) atoms. The van der Waals surface area contributed by atoms with Crippen molar-refractivity contribution < 1.29 is 13.5 Å². The van der Waals surface area contributed by atoms with Crippen LogP contribution in [0.15, 0.2) is 80.9 Å². The number of amidine groups is 1. The zero-order valence-corrected chi connectivity index (χ0v) is 17.9. The first-order valence-electron chi connectivity index (χ1n) is 9.51. The number of nitrogens with zero attached hydrogens (tertiary/aromatic N) is 3. The van der Waals surface area contributed by atoms with Gasteiger partial charge >= 0.3 is 0 Å². The van der Waals surface area contributed by atoms with E-state index >= 15 is 0 Å². The van der Waals surface area contributed by atoms with Crippen molar-refractivity contribution in [3.63, 3.8) is 0 Å². The van der Waals surface area contributed by atoms with Crippen LogP contribution in [-0.2, 0) is 16.6 Å². The lowest BCUT2D eigenvalue weighted by atomic mass is 10.1. The summed E-state index contributed by atoms with van der Waals surface area (Å²) < 4.78 is 30.6. The molecule has 0 aliphatic carbocycles. The highest BCUT2D eigenvalue weighted by Gasteiger charge is 2.29. The van der Waals surface area contributed by atoms with Crippen molar-refractivity contribution >= 4 is 44.2 Å². The second-order valence-electron chi connectivity index (χ2n) is 7.16. The van der Waals surface area contributed by atoms with Crippen molar-refractivity contribution in [1.82, 2.24) is 9.55 Å². The fourth-order valence-corrected chi connectivity index (χ4v) is 5.00. The van der Waals surface area contributed by atoms with Crippen molar-refractivity contribution in [2.75, 3.05) is 5.32 Å². The zero-order chi connectivity index (χ0) is 22.5. The van der Waals surface area contributed by atoms with Gasteiger partial charge in [0.15, 0.2) is 5.84 Å². The first kappa shape index (κ1) is 20.2. The molecule has 5 rings (SSSR count). The molecule has 0 amide bonds. The van der Waals surface area contributed by atoms with Crippen LogP contribution >= 0.6 is 11.6 Å². The first-order chi connectivity index (χ1) is 15.3. The van der Waals surface area contributed by atoms with E-state index in [4.69, 9.17) is 11.6 Å². The average Bonchev–Trinajstić information content (AvgIpc) is 2.76. The van der Waals surface area contributed by atoms with Crippen LogP contribution in [0.2, 0.25) is 5.02 Å². The molecular formula is C22H15ClN4O4S. The molecule has 8 nitrogen and oxygen atoms in total. The molecule has 2 aromatic carbocycles. The minimum atomic E-state index is -4.07. The molecule has 0 saturated heterocycles. The Bertz CT molecular complexity index is 1600. The summed E-state index contributed by atoms with van der Waals surface area (Å²) in [5.74, 6) is -0.655. The molecular weight excluding hydrogens is 452 g/mol. The van der Waals surface area contributed by atoms with Gasteiger partial charge in [-0.2, -0.15) is 8.42 Å². The van der Waals surface area contributed by atoms with Crippen LogP contribution in [0.4, 0.5) is 5.69 Å². The summed E-state index contributed by atoms with van der Waals surface area (Å²) >= 11 is 6.09. The Kier molecular flexibility index (Phi) is 4.72. The van der Waals surface area contributed by atoms with Crippen LogP contribution in [0.1, 0.15) is 11.1 Å². The lowest BCUT2D eigenvalue weighted by Crippen LogP contribution is -2.33. The third kappa shape index (κ3) is 3.31. The Hall–Kier alpha value is -3.69. The smallest absolute Gasteiger partial charge is 0.286 e. The van der Waals surface area contributed by atoms with E-state index in [1.165, 1.54) is 16.8 Å². The summed E-state index contributed by atoms with van der Waals surface area (Å²) in [6, 6.07) is 16.4. The number of fused-ring (bicyclic) bond motifs is 2. The fourth-order valence-electron chi connectivity index (χ4n) is 3.66. The zero-order valence-electron chi connectivity index (χ0n) is 16.4. The van der Waals surface area contributed by atoms with Crippen molar-refractivity contribution in [3.05, 3.63) is 93.4 Å². The van der Waals surface area contributed by atoms with E-state index < -0.39 is 21.3 Å². The highest BCUT2D eigenvalue weighted by molar-refractivity contribution is 7.90. The second kappa shape index (κ2) is 7.47. The van der Waals surface area contributed by atoms with Gasteiger partial charge in [0.1, 0.15) is 21.9 Å².